The molecule has 1 heterocycles. The maximum Gasteiger partial charge on any atom is 0.251 e. The summed E-state index contributed by atoms with van der Waals surface area (Å²) < 4.78 is 0. The first kappa shape index (κ1) is 9.93. The van der Waals surface area contributed by atoms with Gasteiger partial charge in [0.05, 0.1) is 0 Å². The normalized spacial score (nSPS) is 9.93. The number of nitrogens with one attached hydrogen (secondary N) is 1. The third-order valence-electron chi connectivity index (χ3n) is 2.21. The molecule has 0 saturated heterocycles. The van der Waals surface area contributed by atoms with Gasteiger partial charge in [0.2, 0.25) is 0 Å². The third-order valence-corrected chi connectivity index (χ3v) is 2.89. The maximum absolute atomic E-state index is 11.4. The Labute approximate surface area is 92.6 Å². The molecule has 2 aromatic rings. The fourth-order valence-corrected chi connectivity index (χ4v) is 2.08. The predicted octanol–water partition coefficient (Wildman–Crippen LogP) is 2.77. The van der Waals surface area contributed by atoms with Crippen molar-refractivity contribution in [3.63, 3.8) is 0 Å². The fourth-order valence-electron chi connectivity index (χ4n) is 1.41. The Bertz CT molecular complexity index is 462. The van der Waals surface area contributed by atoms with Gasteiger partial charge in [0, 0.05) is 12.6 Å². The van der Waals surface area contributed by atoms with Gasteiger partial charge in [-0.25, -0.2) is 0 Å². The molecule has 1 N–H and O–H groups in total. The van der Waals surface area contributed by atoms with Crippen molar-refractivity contribution in [2.45, 2.75) is 0 Å². The molecule has 2 nitrogen and oxygen atoms in total. The molecule has 0 spiro atoms. The summed E-state index contributed by atoms with van der Waals surface area (Å²) in [5.41, 5.74) is 2.93. The minimum absolute atomic E-state index is 0.0490. The summed E-state index contributed by atoms with van der Waals surface area (Å²) in [7, 11) is 1.64. The Morgan fingerprint density at radius 2 is 2.13 bits per heavy atom. The molecule has 15 heavy (non-hydrogen) atoms. The summed E-state index contributed by atoms with van der Waals surface area (Å²) in [5.74, 6) is -0.0490. The first-order valence-corrected chi connectivity index (χ1v) is 5.60. The molecule has 0 aliphatic heterocycles. The molecule has 0 radical (unpaired) electrons. The minimum Gasteiger partial charge on any atom is -0.355 e. The van der Waals surface area contributed by atoms with Crippen LogP contribution in [0.15, 0.2) is 41.1 Å². The number of hydrogen-bond acceptors (Lipinski definition) is 2. The molecule has 0 aliphatic carbocycles. The van der Waals surface area contributed by atoms with Crippen LogP contribution in [0.1, 0.15) is 10.4 Å². The van der Waals surface area contributed by atoms with Crippen LogP contribution in [0, 0.1) is 0 Å². The van der Waals surface area contributed by atoms with Crippen LogP contribution in [0.25, 0.3) is 11.1 Å². The monoisotopic (exact) mass is 217 g/mol. The topological polar surface area (TPSA) is 29.1 Å². The lowest BCUT2D eigenvalue weighted by atomic mass is 10.1. The van der Waals surface area contributed by atoms with Gasteiger partial charge in [-0.3, -0.25) is 4.79 Å². The van der Waals surface area contributed by atoms with E-state index in [4.69, 9.17) is 0 Å². The number of thiophene rings is 1. The summed E-state index contributed by atoms with van der Waals surface area (Å²) in [5, 5.41) is 6.72. The first-order chi connectivity index (χ1) is 7.31. The van der Waals surface area contributed by atoms with E-state index in [9.17, 15) is 4.79 Å². The van der Waals surface area contributed by atoms with Crippen molar-refractivity contribution in [2.75, 3.05) is 7.05 Å². The lowest BCUT2D eigenvalue weighted by Gasteiger charge is -2.02. The second-order valence-electron chi connectivity index (χ2n) is 3.17. The highest BCUT2D eigenvalue weighted by Gasteiger charge is 2.04. The standard InChI is InChI=1S/C12H11NOS/c1-13-12(14)10-4-2-3-9(7-10)11-5-6-15-8-11/h2-8H,1H3,(H,13,14). The van der Waals surface area contributed by atoms with E-state index < -0.39 is 0 Å². The molecule has 0 unspecified atom stereocenters. The number of carbonyl (C=O) groups excluding carboxylic acids is 1. The van der Waals surface area contributed by atoms with E-state index in [1.54, 1.807) is 18.4 Å². The van der Waals surface area contributed by atoms with Crippen LogP contribution in [0.5, 0.6) is 0 Å². The van der Waals surface area contributed by atoms with Gasteiger partial charge < -0.3 is 5.32 Å². The molecule has 0 saturated carbocycles. The zero-order chi connectivity index (χ0) is 10.7. The Morgan fingerprint density at radius 1 is 1.27 bits per heavy atom. The van der Waals surface area contributed by atoms with Gasteiger partial charge in [-0.05, 0) is 40.1 Å². The van der Waals surface area contributed by atoms with Crippen LogP contribution in [0.4, 0.5) is 0 Å². The highest BCUT2D eigenvalue weighted by Crippen LogP contribution is 2.22. The van der Waals surface area contributed by atoms with Crippen molar-refractivity contribution in [1.82, 2.24) is 5.32 Å². The molecule has 1 aromatic carbocycles. The molecule has 1 aromatic heterocycles. The average Bonchev–Trinajstić information content (AvgIpc) is 2.82. The van der Waals surface area contributed by atoms with Gasteiger partial charge in [0.1, 0.15) is 0 Å². The Balaban J connectivity index is 2.39. The number of rotatable bonds is 2. The van der Waals surface area contributed by atoms with Crippen molar-refractivity contribution in [2.24, 2.45) is 0 Å². The molecular formula is C12H11NOS. The van der Waals surface area contributed by atoms with Gasteiger partial charge in [0.15, 0.2) is 0 Å². The summed E-state index contributed by atoms with van der Waals surface area (Å²) in [6.45, 7) is 0. The Hall–Kier alpha value is -1.61. The van der Waals surface area contributed by atoms with E-state index in [0.717, 1.165) is 11.1 Å². The number of benzene rings is 1. The molecule has 0 fully saturated rings. The van der Waals surface area contributed by atoms with Crippen molar-refractivity contribution in [1.29, 1.82) is 0 Å². The maximum atomic E-state index is 11.4. The van der Waals surface area contributed by atoms with Gasteiger partial charge in [0.25, 0.3) is 5.91 Å². The molecule has 0 aliphatic rings. The van der Waals surface area contributed by atoms with Crippen LogP contribution in [-0.2, 0) is 0 Å². The van der Waals surface area contributed by atoms with Gasteiger partial charge in [-0.15, -0.1) is 0 Å². The lowest BCUT2D eigenvalue weighted by Crippen LogP contribution is -2.17. The smallest absolute Gasteiger partial charge is 0.251 e. The SMILES string of the molecule is CNC(=O)c1cccc(-c2ccsc2)c1. The van der Waals surface area contributed by atoms with Crippen molar-refractivity contribution in [3.05, 3.63) is 46.7 Å². The van der Waals surface area contributed by atoms with Gasteiger partial charge >= 0.3 is 0 Å². The fraction of sp³-hybridized carbons (Fsp3) is 0.0833. The van der Waals surface area contributed by atoms with Crippen molar-refractivity contribution in [3.8, 4) is 11.1 Å². The minimum atomic E-state index is -0.0490. The van der Waals surface area contributed by atoms with Crippen LogP contribution >= 0.6 is 11.3 Å². The zero-order valence-electron chi connectivity index (χ0n) is 8.36. The second kappa shape index (κ2) is 4.28. The van der Waals surface area contributed by atoms with E-state index in [2.05, 4.69) is 10.7 Å². The molecule has 0 bridgehead atoms. The Morgan fingerprint density at radius 3 is 2.80 bits per heavy atom. The largest absolute Gasteiger partial charge is 0.355 e. The van der Waals surface area contributed by atoms with Crippen molar-refractivity contribution >= 4 is 17.2 Å². The van der Waals surface area contributed by atoms with Crippen LogP contribution in [0.2, 0.25) is 0 Å². The second-order valence-corrected chi connectivity index (χ2v) is 3.95. The molecule has 76 valence electrons. The average molecular weight is 217 g/mol. The van der Waals surface area contributed by atoms with Crippen LogP contribution in [-0.4, -0.2) is 13.0 Å². The lowest BCUT2D eigenvalue weighted by molar-refractivity contribution is 0.0963. The summed E-state index contributed by atoms with van der Waals surface area (Å²) in [6, 6.07) is 9.68. The molecule has 3 heteroatoms. The van der Waals surface area contributed by atoms with E-state index in [-0.39, 0.29) is 5.91 Å². The molecule has 0 atom stereocenters. The Kier molecular flexibility index (Phi) is 2.83. The summed E-state index contributed by atoms with van der Waals surface area (Å²) in [4.78, 5) is 11.4. The highest BCUT2D eigenvalue weighted by atomic mass is 32.1. The van der Waals surface area contributed by atoms with E-state index in [1.807, 2.05) is 35.7 Å². The van der Waals surface area contributed by atoms with Crippen molar-refractivity contribution < 1.29 is 4.79 Å². The van der Waals surface area contributed by atoms with E-state index >= 15 is 0 Å². The first-order valence-electron chi connectivity index (χ1n) is 4.66. The van der Waals surface area contributed by atoms with E-state index in [0.29, 0.717) is 5.56 Å². The quantitative estimate of drug-likeness (QED) is 0.823. The van der Waals surface area contributed by atoms with Gasteiger partial charge in [-0.2, -0.15) is 11.3 Å². The highest BCUT2D eigenvalue weighted by molar-refractivity contribution is 7.08. The zero-order valence-corrected chi connectivity index (χ0v) is 9.17. The van der Waals surface area contributed by atoms with Gasteiger partial charge in [-0.1, -0.05) is 12.1 Å². The number of amides is 1. The number of carbonyl (C=O) groups is 1. The van der Waals surface area contributed by atoms with Crippen LogP contribution in [0.3, 0.4) is 0 Å². The predicted molar refractivity (Wildman–Crippen MR) is 63.1 cm³/mol. The summed E-state index contributed by atoms with van der Waals surface area (Å²) >= 11 is 1.65. The number of hydrogen-bond donors (Lipinski definition) is 1. The molecular weight excluding hydrogens is 206 g/mol. The van der Waals surface area contributed by atoms with Crippen LogP contribution < -0.4 is 5.32 Å². The molecule has 1 amide bonds. The third kappa shape index (κ3) is 2.07. The van der Waals surface area contributed by atoms with E-state index in [1.165, 1.54) is 0 Å². The molecule has 2 rings (SSSR count). The summed E-state index contributed by atoms with van der Waals surface area (Å²) in [6.07, 6.45) is 0.